The van der Waals surface area contributed by atoms with E-state index < -0.39 is 12.2 Å². The van der Waals surface area contributed by atoms with Crippen molar-refractivity contribution in [3.05, 3.63) is 124 Å². The third kappa shape index (κ3) is 12.9. The number of carbonyl (C=O) groups is 3. The van der Waals surface area contributed by atoms with E-state index in [0.717, 1.165) is 22.3 Å². The van der Waals surface area contributed by atoms with Gasteiger partial charge in [0.2, 0.25) is 17.4 Å². The molecular weight excluding hydrogens is 745 g/mol. The number of amides is 3. The zero-order valence-electron chi connectivity index (χ0n) is 30.4. The van der Waals surface area contributed by atoms with Gasteiger partial charge in [0, 0.05) is 62.2 Å². The van der Waals surface area contributed by atoms with Crippen LogP contribution >= 0.6 is 24.8 Å². The van der Waals surface area contributed by atoms with Crippen molar-refractivity contribution < 1.29 is 29.7 Å². The number of H-pyrrole nitrogens is 1. The Morgan fingerprint density at radius 3 is 2.27 bits per heavy atom. The summed E-state index contributed by atoms with van der Waals surface area (Å²) in [6, 6.07) is 28.7. The van der Waals surface area contributed by atoms with E-state index in [2.05, 4.69) is 20.9 Å². The lowest BCUT2D eigenvalue weighted by Crippen LogP contribution is -2.27. The second kappa shape index (κ2) is 21.5. The summed E-state index contributed by atoms with van der Waals surface area (Å²) < 4.78 is 0. The second-order valence-electron chi connectivity index (χ2n) is 13.0. The number of fused-ring (bicyclic) bond motifs is 1. The second-order valence-corrected chi connectivity index (χ2v) is 13.0. The fourth-order valence-corrected chi connectivity index (χ4v) is 6.17. The van der Waals surface area contributed by atoms with Gasteiger partial charge >= 0.3 is 6.09 Å². The third-order valence-electron chi connectivity index (χ3n) is 9.01. The fraction of sp³-hybridized carbons (Fsp3) is 0.268. The van der Waals surface area contributed by atoms with E-state index in [4.69, 9.17) is 0 Å². The van der Waals surface area contributed by atoms with Gasteiger partial charge in [-0.05, 0) is 78.3 Å². The summed E-state index contributed by atoms with van der Waals surface area (Å²) in [5.41, 5.74) is 5.33. The van der Waals surface area contributed by atoms with E-state index in [9.17, 15) is 34.5 Å². The molecule has 14 heteroatoms. The maximum atomic E-state index is 12.7. The molecule has 0 aliphatic rings. The summed E-state index contributed by atoms with van der Waals surface area (Å²) in [6.07, 6.45) is 1.27. The number of phenolic OH excluding ortho intramolecular Hbond substituents is 1. The molecule has 12 nitrogen and oxygen atoms in total. The standard InChI is InChI=1S/C41H45N5O7.2ClH/c1-46(39(51)12-7-8-27-15-18-31(29-9-3-2-4-10-29)34(24-27)44-41(52)53)23-6-5-11-37(49)43-30-16-13-28(14-17-30)25-42-26-36(48)32-19-21-35(47)40-33(32)20-22-38(50)45-40;;/h2-4,9-10,13-22,24,36,42,44,47-48H,5-8,11-12,23,25-26H2,1H3,(H,43,49)(H,45,50)(H,52,53);2*1H/t36-;;/m0../s1. The van der Waals surface area contributed by atoms with Crippen LogP contribution in [-0.4, -0.2) is 63.2 Å². The number of halogens is 2. The van der Waals surface area contributed by atoms with Crippen LogP contribution in [0.1, 0.15) is 54.9 Å². The number of aryl methyl sites for hydroxylation is 1. The van der Waals surface area contributed by atoms with Crippen LogP contribution < -0.4 is 21.5 Å². The number of carbonyl (C=O) groups excluding carboxylic acids is 2. The number of aromatic amines is 1. The van der Waals surface area contributed by atoms with Crippen molar-refractivity contribution in [2.45, 2.75) is 51.2 Å². The average Bonchev–Trinajstić information content (AvgIpc) is 3.14. The van der Waals surface area contributed by atoms with Crippen LogP contribution in [0.2, 0.25) is 0 Å². The van der Waals surface area contributed by atoms with Crippen molar-refractivity contribution in [2.24, 2.45) is 0 Å². The molecule has 0 spiro atoms. The van der Waals surface area contributed by atoms with Crippen LogP contribution in [0.5, 0.6) is 5.75 Å². The Morgan fingerprint density at radius 2 is 1.55 bits per heavy atom. The van der Waals surface area contributed by atoms with Crippen molar-refractivity contribution in [3.63, 3.8) is 0 Å². The molecule has 3 amide bonds. The van der Waals surface area contributed by atoms with Gasteiger partial charge in [0.05, 0.1) is 17.3 Å². The van der Waals surface area contributed by atoms with E-state index in [0.29, 0.717) is 73.9 Å². The molecule has 1 aromatic heterocycles. The first-order valence-electron chi connectivity index (χ1n) is 17.6. The minimum absolute atomic E-state index is 0. The Bertz CT molecular complexity index is 2100. The van der Waals surface area contributed by atoms with Crippen molar-refractivity contribution in [1.29, 1.82) is 0 Å². The van der Waals surface area contributed by atoms with Gasteiger partial charge in [-0.15, -0.1) is 24.8 Å². The predicted molar refractivity (Wildman–Crippen MR) is 220 cm³/mol. The molecule has 7 N–H and O–H groups in total. The largest absolute Gasteiger partial charge is 0.506 e. The van der Waals surface area contributed by atoms with Crippen LogP contribution in [0.4, 0.5) is 16.2 Å². The molecule has 1 heterocycles. The number of aromatic hydroxyl groups is 1. The molecule has 55 heavy (non-hydrogen) atoms. The first-order chi connectivity index (χ1) is 25.6. The number of hydrogen-bond acceptors (Lipinski definition) is 7. The molecule has 0 saturated carbocycles. The molecule has 5 rings (SSSR count). The van der Waals surface area contributed by atoms with E-state index in [1.807, 2.05) is 72.8 Å². The number of phenols is 1. The summed E-state index contributed by atoms with van der Waals surface area (Å²) in [5, 5.41) is 39.4. The summed E-state index contributed by atoms with van der Waals surface area (Å²) in [4.78, 5) is 52.6. The van der Waals surface area contributed by atoms with Gasteiger partial charge in [-0.3, -0.25) is 19.7 Å². The van der Waals surface area contributed by atoms with Gasteiger partial charge in [0.15, 0.2) is 0 Å². The number of aliphatic hydroxyl groups excluding tert-OH is 1. The van der Waals surface area contributed by atoms with Gasteiger partial charge in [-0.2, -0.15) is 0 Å². The van der Waals surface area contributed by atoms with Crippen LogP contribution in [0.15, 0.2) is 102 Å². The van der Waals surface area contributed by atoms with Crippen LogP contribution in [0.25, 0.3) is 22.0 Å². The van der Waals surface area contributed by atoms with Gasteiger partial charge in [0.1, 0.15) is 5.75 Å². The quantitative estimate of drug-likeness (QED) is 0.0481. The average molecular weight is 793 g/mol. The smallest absolute Gasteiger partial charge is 0.409 e. The Balaban J connectivity index is 0.00000406. The molecule has 0 radical (unpaired) electrons. The molecular formula is C41H47Cl2N5O7. The van der Waals surface area contributed by atoms with Gasteiger partial charge < -0.3 is 35.8 Å². The highest BCUT2D eigenvalue weighted by Gasteiger charge is 2.15. The summed E-state index contributed by atoms with van der Waals surface area (Å²) >= 11 is 0. The molecule has 5 aromatic rings. The first-order valence-corrected chi connectivity index (χ1v) is 17.6. The Kier molecular flexibility index (Phi) is 17.2. The van der Waals surface area contributed by atoms with E-state index in [1.165, 1.54) is 12.1 Å². The normalized spacial score (nSPS) is 11.2. The first kappa shape index (κ1) is 44.0. The molecule has 292 valence electrons. The maximum Gasteiger partial charge on any atom is 0.409 e. The maximum absolute atomic E-state index is 12.7. The van der Waals surface area contributed by atoms with Crippen molar-refractivity contribution in [1.82, 2.24) is 15.2 Å². The van der Waals surface area contributed by atoms with Crippen molar-refractivity contribution >= 4 is 65.0 Å². The summed E-state index contributed by atoms with van der Waals surface area (Å²) in [5.74, 6) is -0.144. The SMILES string of the molecule is CN(CCCCC(=O)Nc1ccc(CNC[C@H](O)c2ccc(O)c3[nH]c(=O)ccc23)cc1)C(=O)CCCc1ccc(-c2ccccc2)c(NC(=O)O)c1.Cl.Cl. The monoisotopic (exact) mass is 791 g/mol. The predicted octanol–water partition coefficient (Wildman–Crippen LogP) is 7.25. The van der Waals surface area contributed by atoms with E-state index >= 15 is 0 Å². The molecule has 0 unspecified atom stereocenters. The minimum atomic E-state index is -1.13. The lowest BCUT2D eigenvalue weighted by molar-refractivity contribution is -0.130. The number of carboxylic acid groups (broad SMARTS) is 1. The number of hydrogen-bond donors (Lipinski definition) is 7. The van der Waals surface area contributed by atoms with E-state index in [1.54, 1.807) is 24.1 Å². The van der Waals surface area contributed by atoms with Crippen molar-refractivity contribution in [3.8, 4) is 16.9 Å². The number of unbranched alkanes of at least 4 members (excludes halogenated alkanes) is 1. The molecule has 0 fully saturated rings. The lowest BCUT2D eigenvalue weighted by atomic mass is 9.99. The highest BCUT2D eigenvalue weighted by Crippen LogP contribution is 2.30. The lowest BCUT2D eigenvalue weighted by Gasteiger charge is -2.17. The zero-order valence-corrected chi connectivity index (χ0v) is 32.1. The Labute approximate surface area is 331 Å². The number of pyridine rings is 1. The minimum Gasteiger partial charge on any atom is -0.506 e. The number of aliphatic hydroxyl groups is 1. The number of benzene rings is 4. The summed E-state index contributed by atoms with van der Waals surface area (Å²) in [6.45, 7) is 1.28. The fourth-order valence-electron chi connectivity index (χ4n) is 6.17. The zero-order chi connectivity index (χ0) is 37.7. The van der Waals surface area contributed by atoms with Crippen molar-refractivity contribution in [2.75, 3.05) is 30.8 Å². The molecule has 0 aliphatic heterocycles. The molecule has 0 bridgehead atoms. The molecule has 0 aliphatic carbocycles. The number of nitrogens with zero attached hydrogens (tertiary/aromatic N) is 1. The highest BCUT2D eigenvalue weighted by molar-refractivity contribution is 5.91. The van der Waals surface area contributed by atoms with Gasteiger partial charge in [-0.1, -0.05) is 60.7 Å². The van der Waals surface area contributed by atoms with Gasteiger partial charge in [-0.25, -0.2) is 4.79 Å². The van der Waals surface area contributed by atoms with E-state index in [-0.39, 0.29) is 60.0 Å². The molecule has 0 saturated heterocycles. The number of nitrogens with one attached hydrogen (secondary N) is 4. The number of rotatable bonds is 17. The topological polar surface area (TPSA) is 184 Å². The number of anilines is 2. The Morgan fingerprint density at radius 1 is 0.818 bits per heavy atom. The highest BCUT2D eigenvalue weighted by atomic mass is 35.5. The summed E-state index contributed by atoms with van der Waals surface area (Å²) in [7, 11) is 1.77. The molecule has 1 atom stereocenters. The Hall–Kier alpha value is -5.40. The van der Waals surface area contributed by atoms with Crippen LogP contribution in [0, 0.1) is 0 Å². The van der Waals surface area contributed by atoms with Crippen LogP contribution in [0.3, 0.4) is 0 Å². The molecule has 4 aromatic carbocycles. The third-order valence-corrected chi connectivity index (χ3v) is 9.01. The van der Waals surface area contributed by atoms with Crippen LogP contribution in [-0.2, 0) is 22.6 Å². The van der Waals surface area contributed by atoms with Gasteiger partial charge in [0.25, 0.3) is 0 Å². The number of aromatic nitrogens is 1.